The second-order valence-corrected chi connectivity index (χ2v) is 5.73. The molecule has 1 heterocycles. The van der Waals surface area contributed by atoms with Gasteiger partial charge in [0, 0.05) is 36.0 Å². The fourth-order valence-corrected chi connectivity index (χ4v) is 2.72. The van der Waals surface area contributed by atoms with Crippen molar-refractivity contribution in [2.75, 3.05) is 32.6 Å². The molecule has 1 fully saturated rings. The number of benzene rings is 1. The number of hydrogen-bond acceptors (Lipinski definition) is 4. The van der Waals surface area contributed by atoms with Crippen molar-refractivity contribution in [3.63, 3.8) is 0 Å². The molecule has 0 bridgehead atoms. The number of carbonyl (C=O) groups is 1. The van der Waals surface area contributed by atoms with E-state index in [1.807, 2.05) is 30.5 Å². The molecule has 1 aromatic carbocycles. The lowest BCUT2D eigenvalue weighted by Gasteiger charge is -2.31. The van der Waals surface area contributed by atoms with Crippen LogP contribution in [0.15, 0.2) is 29.2 Å². The van der Waals surface area contributed by atoms with Gasteiger partial charge in [-0.2, -0.15) is 0 Å². The molecule has 0 spiro atoms. The summed E-state index contributed by atoms with van der Waals surface area (Å²) in [5.74, 6) is 0.228. The van der Waals surface area contributed by atoms with Gasteiger partial charge in [-0.3, -0.25) is 9.69 Å². The van der Waals surface area contributed by atoms with Gasteiger partial charge in [0.25, 0.3) is 0 Å². The van der Waals surface area contributed by atoms with E-state index in [0.717, 1.165) is 31.9 Å². The van der Waals surface area contributed by atoms with Crippen LogP contribution in [0.4, 0.5) is 0 Å². The smallest absolute Gasteiger partial charge is 0.164 e. The van der Waals surface area contributed by atoms with Crippen molar-refractivity contribution >= 4 is 17.5 Å². The van der Waals surface area contributed by atoms with Gasteiger partial charge >= 0.3 is 0 Å². The van der Waals surface area contributed by atoms with Gasteiger partial charge in [-0.1, -0.05) is 12.1 Å². The topological polar surface area (TPSA) is 29.5 Å². The van der Waals surface area contributed by atoms with Crippen molar-refractivity contribution < 1.29 is 9.53 Å². The summed E-state index contributed by atoms with van der Waals surface area (Å²) >= 11 is 1.69. The Morgan fingerprint density at radius 1 is 1.32 bits per heavy atom. The molecule has 0 aliphatic carbocycles. The van der Waals surface area contributed by atoms with Crippen molar-refractivity contribution in [2.45, 2.75) is 24.3 Å². The Hall–Kier alpha value is -0.840. The van der Waals surface area contributed by atoms with Gasteiger partial charge in [0.1, 0.15) is 0 Å². The van der Waals surface area contributed by atoms with Gasteiger partial charge in [-0.15, -0.1) is 11.8 Å². The van der Waals surface area contributed by atoms with Crippen LogP contribution >= 0.6 is 11.8 Å². The highest BCUT2D eigenvalue weighted by atomic mass is 32.2. The number of nitrogens with zero attached hydrogens (tertiary/aromatic N) is 1. The van der Waals surface area contributed by atoms with Gasteiger partial charge in [0.2, 0.25) is 0 Å². The van der Waals surface area contributed by atoms with Crippen LogP contribution in [0.5, 0.6) is 0 Å². The van der Waals surface area contributed by atoms with E-state index in [9.17, 15) is 4.79 Å². The van der Waals surface area contributed by atoms with Crippen molar-refractivity contribution in [1.29, 1.82) is 0 Å². The Morgan fingerprint density at radius 3 is 2.53 bits per heavy atom. The standard InChI is InChI=1S/C15H21NO2S/c1-12(16-7-9-18-10-8-16)11-15(17)13-3-5-14(19-2)6-4-13/h3-6,12H,7-11H2,1-2H3. The SMILES string of the molecule is CSc1ccc(C(=O)CC(C)N2CCOCC2)cc1. The van der Waals surface area contributed by atoms with E-state index in [1.165, 1.54) is 4.90 Å². The maximum Gasteiger partial charge on any atom is 0.164 e. The van der Waals surface area contributed by atoms with E-state index in [2.05, 4.69) is 11.8 Å². The van der Waals surface area contributed by atoms with Gasteiger partial charge in [-0.05, 0) is 25.3 Å². The molecule has 0 amide bonds. The third-order valence-electron chi connectivity index (χ3n) is 3.56. The predicted molar refractivity (Wildman–Crippen MR) is 79.0 cm³/mol. The molecule has 2 rings (SSSR count). The average Bonchev–Trinajstić information content (AvgIpc) is 2.48. The highest BCUT2D eigenvalue weighted by Gasteiger charge is 2.20. The van der Waals surface area contributed by atoms with Crippen molar-refractivity contribution in [1.82, 2.24) is 4.90 Å². The average molecular weight is 279 g/mol. The van der Waals surface area contributed by atoms with E-state index in [0.29, 0.717) is 6.42 Å². The number of ether oxygens (including phenoxy) is 1. The second kappa shape index (κ2) is 7.08. The van der Waals surface area contributed by atoms with E-state index < -0.39 is 0 Å². The molecule has 0 radical (unpaired) electrons. The van der Waals surface area contributed by atoms with Crippen LogP contribution in [0.2, 0.25) is 0 Å². The highest BCUT2D eigenvalue weighted by Crippen LogP contribution is 2.17. The Morgan fingerprint density at radius 2 is 1.95 bits per heavy atom. The van der Waals surface area contributed by atoms with E-state index in [4.69, 9.17) is 4.74 Å². The van der Waals surface area contributed by atoms with Gasteiger partial charge in [0.15, 0.2) is 5.78 Å². The Balaban J connectivity index is 1.91. The number of ketones is 1. The Bertz CT molecular complexity index is 413. The van der Waals surface area contributed by atoms with Crippen LogP contribution in [-0.4, -0.2) is 49.3 Å². The van der Waals surface area contributed by atoms with Gasteiger partial charge in [-0.25, -0.2) is 0 Å². The molecule has 1 aromatic rings. The van der Waals surface area contributed by atoms with Gasteiger partial charge in [0.05, 0.1) is 13.2 Å². The highest BCUT2D eigenvalue weighted by molar-refractivity contribution is 7.98. The fourth-order valence-electron chi connectivity index (χ4n) is 2.31. The van der Waals surface area contributed by atoms with Crippen molar-refractivity contribution in [3.8, 4) is 0 Å². The van der Waals surface area contributed by atoms with Crippen molar-refractivity contribution in [3.05, 3.63) is 29.8 Å². The molecule has 0 saturated carbocycles. The zero-order valence-corrected chi connectivity index (χ0v) is 12.4. The summed E-state index contributed by atoms with van der Waals surface area (Å²) in [7, 11) is 0. The van der Waals surface area contributed by atoms with Crippen LogP contribution in [0.1, 0.15) is 23.7 Å². The normalized spacial score (nSPS) is 18.2. The molecule has 104 valence electrons. The second-order valence-electron chi connectivity index (χ2n) is 4.85. The molecule has 0 N–H and O–H groups in total. The first-order chi connectivity index (χ1) is 9.20. The zero-order valence-electron chi connectivity index (χ0n) is 11.6. The van der Waals surface area contributed by atoms with Crippen LogP contribution in [0.3, 0.4) is 0 Å². The zero-order chi connectivity index (χ0) is 13.7. The maximum absolute atomic E-state index is 12.2. The Labute approximate surface area is 119 Å². The van der Waals surface area contributed by atoms with Crippen LogP contribution in [0, 0.1) is 0 Å². The van der Waals surface area contributed by atoms with E-state index >= 15 is 0 Å². The fraction of sp³-hybridized carbons (Fsp3) is 0.533. The van der Waals surface area contributed by atoms with Gasteiger partial charge < -0.3 is 4.74 Å². The lowest BCUT2D eigenvalue weighted by atomic mass is 10.0. The minimum absolute atomic E-state index is 0.228. The van der Waals surface area contributed by atoms with E-state index in [-0.39, 0.29) is 11.8 Å². The lowest BCUT2D eigenvalue weighted by Crippen LogP contribution is -2.42. The number of Topliss-reactive ketones (excluding diaryl/α,β-unsaturated/α-hetero) is 1. The molecule has 1 unspecified atom stereocenters. The molecular weight excluding hydrogens is 258 g/mol. The first-order valence-electron chi connectivity index (χ1n) is 6.70. The van der Waals surface area contributed by atoms with E-state index in [1.54, 1.807) is 11.8 Å². The lowest BCUT2D eigenvalue weighted by molar-refractivity contribution is 0.0188. The molecular formula is C15H21NO2S. The largest absolute Gasteiger partial charge is 0.379 e. The third kappa shape index (κ3) is 4.06. The number of morpholine rings is 1. The summed E-state index contributed by atoms with van der Waals surface area (Å²) in [6.45, 7) is 5.54. The monoisotopic (exact) mass is 279 g/mol. The molecule has 19 heavy (non-hydrogen) atoms. The molecule has 4 heteroatoms. The summed E-state index contributed by atoms with van der Waals surface area (Å²) < 4.78 is 5.34. The minimum atomic E-state index is 0.228. The first-order valence-corrected chi connectivity index (χ1v) is 7.92. The summed E-state index contributed by atoms with van der Waals surface area (Å²) in [4.78, 5) is 15.8. The summed E-state index contributed by atoms with van der Waals surface area (Å²) in [6.07, 6.45) is 2.62. The molecule has 1 aliphatic heterocycles. The molecule has 3 nitrogen and oxygen atoms in total. The molecule has 1 atom stereocenters. The first kappa shape index (κ1) is 14.6. The maximum atomic E-state index is 12.2. The predicted octanol–water partition coefficient (Wildman–Crippen LogP) is 2.70. The van der Waals surface area contributed by atoms with Crippen molar-refractivity contribution in [2.24, 2.45) is 0 Å². The number of hydrogen-bond donors (Lipinski definition) is 0. The minimum Gasteiger partial charge on any atom is -0.379 e. The third-order valence-corrected chi connectivity index (χ3v) is 4.31. The molecule has 0 aromatic heterocycles. The summed E-state index contributed by atoms with van der Waals surface area (Å²) in [5, 5.41) is 0. The quantitative estimate of drug-likeness (QED) is 0.612. The molecule has 1 saturated heterocycles. The number of carbonyl (C=O) groups excluding carboxylic acids is 1. The van der Waals surface area contributed by atoms with Crippen LogP contribution < -0.4 is 0 Å². The van der Waals surface area contributed by atoms with Crippen LogP contribution in [-0.2, 0) is 4.74 Å². The summed E-state index contributed by atoms with van der Waals surface area (Å²) in [5.41, 5.74) is 0.818. The summed E-state index contributed by atoms with van der Waals surface area (Å²) in [6, 6.07) is 8.17. The number of thioether (sulfide) groups is 1. The number of rotatable bonds is 5. The Kier molecular flexibility index (Phi) is 5.43. The molecule has 1 aliphatic rings. The van der Waals surface area contributed by atoms with Crippen LogP contribution in [0.25, 0.3) is 0 Å².